The van der Waals surface area contributed by atoms with Gasteiger partial charge in [0.2, 0.25) is 0 Å². The third-order valence-electron chi connectivity index (χ3n) is 6.00. The van der Waals surface area contributed by atoms with E-state index < -0.39 is 11.5 Å². The van der Waals surface area contributed by atoms with Gasteiger partial charge in [0, 0.05) is 17.7 Å². The van der Waals surface area contributed by atoms with Gasteiger partial charge in [-0.2, -0.15) is 5.26 Å². The van der Waals surface area contributed by atoms with Crippen LogP contribution in [0.5, 0.6) is 0 Å². The number of aliphatic hydroxyl groups is 1. The van der Waals surface area contributed by atoms with Gasteiger partial charge in [0.15, 0.2) is 5.60 Å². The number of carbonyl (C=O) groups excluding carboxylic acids is 1. The van der Waals surface area contributed by atoms with Crippen LogP contribution in [-0.2, 0) is 4.79 Å². The number of carbonyl (C=O) groups is 1. The molecule has 2 aromatic rings. The van der Waals surface area contributed by atoms with Crippen molar-refractivity contribution in [2.45, 2.75) is 58.0 Å². The van der Waals surface area contributed by atoms with Gasteiger partial charge in [-0.3, -0.25) is 4.79 Å². The zero-order chi connectivity index (χ0) is 22.4. The summed E-state index contributed by atoms with van der Waals surface area (Å²) in [4.78, 5) is 13.2. The SMILES string of the molecule is Cc1ccc(C)c(C#CCC(O)(C(=O)Nc2ccc(C#N)c(Cl)c2)C2CCCCC2)c1. The highest BCUT2D eigenvalue weighted by Crippen LogP contribution is 2.36. The molecular weight excluding hydrogens is 408 g/mol. The molecular formula is C26H27ClN2O2. The fraction of sp³-hybridized carbons (Fsp3) is 0.385. The number of amides is 1. The summed E-state index contributed by atoms with van der Waals surface area (Å²) < 4.78 is 0. The van der Waals surface area contributed by atoms with Gasteiger partial charge in [-0.15, -0.1) is 0 Å². The lowest BCUT2D eigenvalue weighted by Gasteiger charge is -2.36. The zero-order valence-electron chi connectivity index (χ0n) is 18.0. The predicted molar refractivity (Wildman–Crippen MR) is 124 cm³/mol. The predicted octanol–water partition coefficient (Wildman–Crippen LogP) is 5.52. The fourth-order valence-corrected chi connectivity index (χ4v) is 4.28. The van der Waals surface area contributed by atoms with Crippen molar-refractivity contribution >= 4 is 23.2 Å². The van der Waals surface area contributed by atoms with Crippen LogP contribution in [0.4, 0.5) is 5.69 Å². The number of nitrogens with one attached hydrogen (secondary N) is 1. The minimum atomic E-state index is -1.59. The number of nitriles is 1. The molecule has 1 amide bonds. The molecule has 2 aromatic carbocycles. The molecule has 0 bridgehead atoms. The topological polar surface area (TPSA) is 73.1 Å². The van der Waals surface area contributed by atoms with E-state index in [1.807, 2.05) is 38.1 Å². The smallest absolute Gasteiger partial charge is 0.257 e. The maximum absolute atomic E-state index is 13.2. The van der Waals surface area contributed by atoms with Crippen molar-refractivity contribution in [3.05, 3.63) is 63.7 Å². The second-order valence-electron chi connectivity index (χ2n) is 8.32. The van der Waals surface area contributed by atoms with Gasteiger partial charge < -0.3 is 10.4 Å². The quantitative estimate of drug-likeness (QED) is 0.622. The first-order chi connectivity index (χ1) is 14.8. The van der Waals surface area contributed by atoms with Crippen LogP contribution in [0.2, 0.25) is 5.02 Å². The Morgan fingerprint density at radius 1 is 1.16 bits per heavy atom. The number of hydrogen-bond donors (Lipinski definition) is 2. The Hall–Kier alpha value is -2.79. The van der Waals surface area contributed by atoms with Gasteiger partial charge in [0.05, 0.1) is 10.6 Å². The normalized spacial score (nSPS) is 15.8. The van der Waals surface area contributed by atoms with Gasteiger partial charge in [-0.25, -0.2) is 0 Å². The number of halogens is 1. The Morgan fingerprint density at radius 2 is 1.90 bits per heavy atom. The number of nitrogens with zero attached hydrogens (tertiary/aromatic N) is 1. The van der Waals surface area contributed by atoms with Crippen molar-refractivity contribution in [2.75, 3.05) is 5.32 Å². The first kappa shape index (κ1) is 22.9. The van der Waals surface area contributed by atoms with E-state index in [2.05, 4.69) is 17.2 Å². The molecule has 1 saturated carbocycles. The third-order valence-corrected chi connectivity index (χ3v) is 6.31. The Kier molecular flexibility index (Phi) is 7.39. The monoisotopic (exact) mass is 434 g/mol. The molecule has 1 unspecified atom stereocenters. The second-order valence-corrected chi connectivity index (χ2v) is 8.72. The number of anilines is 1. The van der Waals surface area contributed by atoms with Crippen LogP contribution in [0.1, 0.15) is 60.8 Å². The van der Waals surface area contributed by atoms with E-state index in [1.54, 1.807) is 12.1 Å². The van der Waals surface area contributed by atoms with Gasteiger partial charge >= 0.3 is 0 Å². The summed E-state index contributed by atoms with van der Waals surface area (Å²) in [7, 11) is 0. The first-order valence-corrected chi connectivity index (χ1v) is 11.0. The maximum Gasteiger partial charge on any atom is 0.257 e. The second kappa shape index (κ2) is 10.0. The standard InChI is InChI=1S/C26H27ClN2O2/c1-18-10-11-19(2)20(15-18)7-6-14-26(31,22-8-4-3-5-9-22)25(30)29-23-13-12-21(17-28)24(27)16-23/h10-13,15-16,22,31H,3-5,8-9,14H2,1-2H3,(H,29,30). The highest BCUT2D eigenvalue weighted by atomic mass is 35.5. The molecule has 160 valence electrons. The van der Waals surface area contributed by atoms with E-state index >= 15 is 0 Å². The van der Waals surface area contributed by atoms with Crippen LogP contribution in [0.15, 0.2) is 36.4 Å². The molecule has 2 N–H and O–H groups in total. The molecule has 0 heterocycles. The zero-order valence-corrected chi connectivity index (χ0v) is 18.7. The molecule has 0 radical (unpaired) electrons. The molecule has 0 spiro atoms. The summed E-state index contributed by atoms with van der Waals surface area (Å²) in [5, 5.41) is 23.6. The molecule has 1 fully saturated rings. The van der Waals surface area contributed by atoms with E-state index in [0.29, 0.717) is 11.3 Å². The minimum absolute atomic E-state index is 0.0564. The molecule has 0 saturated heterocycles. The molecule has 1 atom stereocenters. The first-order valence-electron chi connectivity index (χ1n) is 10.6. The van der Waals surface area contributed by atoms with E-state index in [0.717, 1.165) is 48.8 Å². The van der Waals surface area contributed by atoms with Gasteiger partial charge in [0.25, 0.3) is 5.91 Å². The van der Waals surface area contributed by atoms with Gasteiger partial charge in [-0.05, 0) is 68.0 Å². The van der Waals surface area contributed by atoms with Crippen LogP contribution >= 0.6 is 11.6 Å². The lowest BCUT2D eigenvalue weighted by atomic mass is 9.74. The Balaban J connectivity index is 1.85. The van der Waals surface area contributed by atoms with E-state index in [-0.39, 0.29) is 17.4 Å². The Labute approximate surface area is 189 Å². The van der Waals surface area contributed by atoms with Crippen molar-refractivity contribution in [3.8, 4) is 17.9 Å². The summed E-state index contributed by atoms with van der Waals surface area (Å²) in [6.07, 6.45) is 4.75. The molecule has 1 aliphatic rings. The maximum atomic E-state index is 13.2. The van der Waals surface area contributed by atoms with Crippen LogP contribution in [0, 0.1) is 42.9 Å². The van der Waals surface area contributed by atoms with Gasteiger partial charge in [-0.1, -0.05) is 54.8 Å². The number of benzene rings is 2. The summed E-state index contributed by atoms with van der Waals surface area (Å²) in [6, 6.07) is 12.8. The van der Waals surface area contributed by atoms with E-state index in [4.69, 9.17) is 16.9 Å². The third kappa shape index (κ3) is 5.47. The van der Waals surface area contributed by atoms with Crippen molar-refractivity contribution in [2.24, 2.45) is 5.92 Å². The van der Waals surface area contributed by atoms with E-state index in [9.17, 15) is 9.90 Å². The molecule has 1 aliphatic carbocycles. The molecule has 3 rings (SSSR count). The van der Waals surface area contributed by atoms with Crippen LogP contribution < -0.4 is 5.32 Å². The average Bonchev–Trinajstić information content (AvgIpc) is 2.76. The van der Waals surface area contributed by atoms with Crippen LogP contribution in [0.25, 0.3) is 0 Å². The Morgan fingerprint density at radius 3 is 2.58 bits per heavy atom. The molecule has 31 heavy (non-hydrogen) atoms. The summed E-state index contributed by atoms with van der Waals surface area (Å²) in [5.74, 6) is 5.59. The Bertz CT molecular complexity index is 1070. The summed E-state index contributed by atoms with van der Waals surface area (Å²) in [6.45, 7) is 4.01. The lowest BCUT2D eigenvalue weighted by Crippen LogP contribution is -2.49. The van der Waals surface area contributed by atoms with Crippen molar-refractivity contribution in [3.63, 3.8) is 0 Å². The van der Waals surface area contributed by atoms with Crippen molar-refractivity contribution in [1.82, 2.24) is 0 Å². The van der Waals surface area contributed by atoms with Gasteiger partial charge in [0.1, 0.15) is 6.07 Å². The van der Waals surface area contributed by atoms with Crippen LogP contribution in [0.3, 0.4) is 0 Å². The molecule has 4 nitrogen and oxygen atoms in total. The van der Waals surface area contributed by atoms with Crippen molar-refractivity contribution in [1.29, 1.82) is 5.26 Å². The number of hydrogen-bond acceptors (Lipinski definition) is 3. The minimum Gasteiger partial charge on any atom is -0.379 e. The average molecular weight is 435 g/mol. The van der Waals surface area contributed by atoms with Crippen LogP contribution in [-0.4, -0.2) is 16.6 Å². The molecule has 5 heteroatoms. The summed E-state index contributed by atoms with van der Waals surface area (Å²) >= 11 is 6.10. The largest absolute Gasteiger partial charge is 0.379 e. The summed E-state index contributed by atoms with van der Waals surface area (Å²) in [5.41, 5.74) is 2.28. The highest BCUT2D eigenvalue weighted by molar-refractivity contribution is 6.32. The molecule has 0 aliphatic heterocycles. The fourth-order valence-electron chi connectivity index (χ4n) is 4.06. The number of rotatable bonds is 4. The van der Waals surface area contributed by atoms with E-state index in [1.165, 1.54) is 6.07 Å². The lowest BCUT2D eigenvalue weighted by molar-refractivity contribution is -0.141. The molecule has 0 aromatic heterocycles. The highest BCUT2D eigenvalue weighted by Gasteiger charge is 2.43. The number of aryl methyl sites for hydroxylation is 2. The van der Waals surface area contributed by atoms with Crippen molar-refractivity contribution < 1.29 is 9.90 Å².